The molecule has 102 valence electrons. The molecule has 7 heteroatoms. The van der Waals surface area contributed by atoms with Gasteiger partial charge in [-0.05, 0) is 28.4 Å². The van der Waals surface area contributed by atoms with E-state index in [4.69, 9.17) is 0 Å². The molecular weight excluding hydrogens is 324 g/mol. The van der Waals surface area contributed by atoms with Crippen LogP contribution >= 0.6 is 15.9 Å². The number of hydrogen-bond donors (Lipinski definition) is 2. The fourth-order valence-electron chi connectivity index (χ4n) is 2.06. The summed E-state index contributed by atoms with van der Waals surface area (Å²) in [5.74, 6) is 0.544. The zero-order valence-electron chi connectivity index (χ0n) is 10.8. The van der Waals surface area contributed by atoms with Crippen molar-refractivity contribution in [2.75, 3.05) is 0 Å². The Balaban J connectivity index is 2.37. The van der Waals surface area contributed by atoms with Crippen molar-refractivity contribution in [1.29, 1.82) is 0 Å². The molecule has 3 aromatic rings. The Labute approximate surface area is 121 Å². The maximum atomic E-state index is 11.8. The van der Waals surface area contributed by atoms with E-state index in [1.165, 1.54) is 4.57 Å². The third-order valence-corrected chi connectivity index (χ3v) is 4.25. The molecule has 0 saturated heterocycles. The highest BCUT2D eigenvalue weighted by atomic mass is 79.9. The normalized spacial score (nSPS) is 11.2. The third kappa shape index (κ3) is 1.82. The smallest absolute Gasteiger partial charge is 0.329 e. The van der Waals surface area contributed by atoms with E-state index in [-0.39, 0.29) is 5.52 Å². The number of nitrogens with one attached hydrogen (secondary N) is 2. The second-order valence-electron chi connectivity index (χ2n) is 4.54. The van der Waals surface area contributed by atoms with Crippen LogP contribution in [0.4, 0.5) is 0 Å². The van der Waals surface area contributed by atoms with E-state index in [0.717, 1.165) is 15.6 Å². The first-order valence-corrected chi connectivity index (χ1v) is 6.73. The van der Waals surface area contributed by atoms with Crippen molar-refractivity contribution in [1.82, 2.24) is 19.5 Å². The first kappa shape index (κ1) is 12.9. The van der Waals surface area contributed by atoms with Gasteiger partial charge < -0.3 is 4.98 Å². The Morgan fingerprint density at radius 2 is 2.00 bits per heavy atom. The van der Waals surface area contributed by atoms with Crippen LogP contribution in [0, 0.1) is 6.92 Å². The van der Waals surface area contributed by atoms with Gasteiger partial charge in [-0.3, -0.25) is 14.3 Å². The molecule has 0 bridgehead atoms. The van der Waals surface area contributed by atoms with Gasteiger partial charge in [-0.15, -0.1) is 0 Å². The number of aryl methyl sites for hydroxylation is 2. The molecule has 0 aliphatic rings. The highest BCUT2D eigenvalue weighted by molar-refractivity contribution is 9.10. The van der Waals surface area contributed by atoms with Gasteiger partial charge in [0.1, 0.15) is 11.3 Å². The van der Waals surface area contributed by atoms with Crippen molar-refractivity contribution in [2.24, 2.45) is 7.05 Å². The van der Waals surface area contributed by atoms with Crippen LogP contribution in [0.1, 0.15) is 5.56 Å². The molecule has 2 N–H and O–H groups in total. The lowest BCUT2D eigenvalue weighted by Gasteiger charge is -2.03. The summed E-state index contributed by atoms with van der Waals surface area (Å²) < 4.78 is 2.21. The van der Waals surface area contributed by atoms with Crippen LogP contribution in [0.25, 0.3) is 22.6 Å². The summed E-state index contributed by atoms with van der Waals surface area (Å²) in [6.45, 7) is 1.97. The van der Waals surface area contributed by atoms with Crippen LogP contribution in [-0.2, 0) is 7.05 Å². The topological polar surface area (TPSA) is 83.5 Å². The van der Waals surface area contributed by atoms with Gasteiger partial charge in [0.15, 0.2) is 5.65 Å². The average Bonchev–Trinajstić information content (AvgIpc) is 2.85. The second-order valence-corrected chi connectivity index (χ2v) is 5.33. The lowest BCUT2D eigenvalue weighted by atomic mass is 10.1. The number of imidazole rings is 1. The van der Waals surface area contributed by atoms with Crippen LogP contribution in [0.5, 0.6) is 0 Å². The molecule has 0 atom stereocenters. The summed E-state index contributed by atoms with van der Waals surface area (Å²) in [6.07, 6.45) is 0. The molecule has 1 aromatic carbocycles. The van der Waals surface area contributed by atoms with Gasteiger partial charge in [0.25, 0.3) is 5.56 Å². The quantitative estimate of drug-likeness (QED) is 0.710. The van der Waals surface area contributed by atoms with Gasteiger partial charge in [-0.25, -0.2) is 9.78 Å². The Morgan fingerprint density at radius 1 is 1.25 bits per heavy atom. The number of hydrogen-bond acceptors (Lipinski definition) is 3. The zero-order valence-corrected chi connectivity index (χ0v) is 12.4. The van der Waals surface area contributed by atoms with E-state index in [2.05, 4.69) is 30.9 Å². The lowest BCUT2D eigenvalue weighted by molar-refractivity contribution is 0.832. The molecule has 0 aliphatic carbocycles. The average molecular weight is 335 g/mol. The van der Waals surface area contributed by atoms with E-state index >= 15 is 0 Å². The number of aromatic amines is 2. The van der Waals surface area contributed by atoms with E-state index in [0.29, 0.717) is 11.5 Å². The molecule has 0 amide bonds. The number of rotatable bonds is 1. The van der Waals surface area contributed by atoms with Crippen LogP contribution in [0.3, 0.4) is 0 Å². The first-order valence-electron chi connectivity index (χ1n) is 5.93. The SMILES string of the molecule is Cc1cccc(-c2nc3c([nH]2)c(=O)[nH]c(=O)n3C)c1Br. The first-order chi connectivity index (χ1) is 9.49. The molecule has 0 unspecified atom stereocenters. The van der Waals surface area contributed by atoms with Gasteiger partial charge in [0.05, 0.1) is 0 Å². The van der Waals surface area contributed by atoms with E-state index in [9.17, 15) is 9.59 Å². The minimum absolute atomic E-state index is 0.288. The van der Waals surface area contributed by atoms with Crippen LogP contribution in [-0.4, -0.2) is 19.5 Å². The number of fused-ring (bicyclic) bond motifs is 1. The van der Waals surface area contributed by atoms with Gasteiger partial charge in [0.2, 0.25) is 0 Å². The lowest BCUT2D eigenvalue weighted by Crippen LogP contribution is -2.28. The van der Waals surface area contributed by atoms with Crippen molar-refractivity contribution < 1.29 is 0 Å². The van der Waals surface area contributed by atoms with Gasteiger partial charge in [-0.1, -0.05) is 18.2 Å². The maximum absolute atomic E-state index is 11.8. The van der Waals surface area contributed by atoms with E-state index in [1.807, 2.05) is 25.1 Å². The molecule has 0 radical (unpaired) electrons. The predicted molar refractivity (Wildman–Crippen MR) is 79.8 cm³/mol. The van der Waals surface area contributed by atoms with Crippen LogP contribution in [0.2, 0.25) is 0 Å². The molecule has 0 spiro atoms. The molecular formula is C13H11BrN4O2. The van der Waals surface area contributed by atoms with Crippen LogP contribution < -0.4 is 11.2 Å². The fourth-order valence-corrected chi connectivity index (χ4v) is 2.51. The number of aromatic nitrogens is 4. The molecule has 0 aliphatic heterocycles. The van der Waals surface area contributed by atoms with Gasteiger partial charge in [0, 0.05) is 17.1 Å². The Hall–Kier alpha value is -2.15. The summed E-state index contributed by atoms with van der Waals surface area (Å²) in [7, 11) is 1.57. The second kappa shape index (κ2) is 4.45. The third-order valence-electron chi connectivity index (χ3n) is 3.20. The number of benzene rings is 1. The van der Waals surface area contributed by atoms with E-state index < -0.39 is 11.2 Å². The molecule has 2 heterocycles. The van der Waals surface area contributed by atoms with Crippen molar-refractivity contribution in [3.8, 4) is 11.4 Å². The van der Waals surface area contributed by atoms with Crippen LogP contribution in [0.15, 0.2) is 32.3 Å². The van der Waals surface area contributed by atoms with Crippen molar-refractivity contribution >= 4 is 27.1 Å². The molecule has 20 heavy (non-hydrogen) atoms. The summed E-state index contributed by atoms with van der Waals surface area (Å²) >= 11 is 3.51. The largest absolute Gasteiger partial charge is 0.332 e. The van der Waals surface area contributed by atoms with E-state index in [1.54, 1.807) is 7.05 Å². The summed E-state index contributed by atoms with van der Waals surface area (Å²) in [5.41, 5.74) is 1.57. The highest BCUT2D eigenvalue weighted by Gasteiger charge is 2.14. The molecule has 0 saturated carbocycles. The minimum Gasteiger partial charge on any atom is -0.332 e. The molecule has 2 aromatic heterocycles. The fraction of sp³-hybridized carbons (Fsp3) is 0.154. The number of nitrogens with zero attached hydrogens (tertiary/aromatic N) is 2. The van der Waals surface area contributed by atoms with Gasteiger partial charge >= 0.3 is 5.69 Å². The standard InChI is InChI=1S/C13H11BrN4O2/c1-6-4-3-5-7(8(6)14)10-15-9-11(16-10)18(2)13(20)17-12(9)19/h3-5H,1-2H3,(H,15,16)(H,17,19,20). The summed E-state index contributed by atoms with van der Waals surface area (Å²) in [5, 5.41) is 0. The van der Waals surface area contributed by atoms with Crippen molar-refractivity contribution in [2.45, 2.75) is 6.92 Å². The van der Waals surface area contributed by atoms with Crippen molar-refractivity contribution in [3.05, 3.63) is 49.1 Å². The Kier molecular flexibility index (Phi) is 2.86. The molecule has 6 nitrogen and oxygen atoms in total. The number of halogens is 1. The maximum Gasteiger partial charge on any atom is 0.329 e. The molecule has 3 rings (SSSR count). The Bertz CT molecular complexity index is 936. The number of H-pyrrole nitrogens is 2. The van der Waals surface area contributed by atoms with Gasteiger partial charge in [-0.2, -0.15) is 0 Å². The highest BCUT2D eigenvalue weighted by Crippen LogP contribution is 2.29. The monoisotopic (exact) mass is 334 g/mol. The van der Waals surface area contributed by atoms with Crippen molar-refractivity contribution in [3.63, 3.8) is 0 Å². The summed E-state index contributed by atoms with van der Waals surface area (Å²) in [4.78, 5) is 32.9. The molecule has 0 fully saturated rings. The minimum atomic E-state index is -0.483. The zero-order chi connectivity index (χ0) is 14.4. The predicted octanol–water partition coefficient (Wildman–Crippen LogP) is 1.69. The summed E-state index contributed by atoms with van der Waals surface area (Å²) in [6, 6.07) is 5.77. The Morgan fingerprint density at radius 3 is 2.75 bits per heavy atom.